The lowest BCUT2D eigenvalue weighted by atomic mass is 9.83. The second-order valence-electron chi connectivity index (χ2n) is 10.8. The number of likely N-dealkylation sites (tertiary alicyclic amines) is 1. The van der Waals surface area contributed by atoms with Crippen LogP contribution in [-0.4, -0.2) is 79.5 Å². The van der Waals surface area contributed by atoms with Gasteiger partial charge in [0, 0.05) is 19.6 Å². The number of pyridine rings is 1. The number of anilines is 1. The summed E-state index contributed by atoms with van der Waals surface area (Å²) in [6, 6.07) is 12.2. The molecule has 0 saturated carbocycles. The summed E-state index contributed by atoms with van der Waals surface area (Å²) in [5.74, 6) is 2.66. The molecular formula is C28H35N7O2. The smallest absolute Gasteiger partial charge is 0.238 e. The van der Waals surface area contributed by atoms with Crippen molar-refractivity contribution >= 4 is 27.9 Å². The zero-order valence-corrected chi connectivity index (χ0v) is 21.9. The van der Waals surface area contributed by atoms with Gasteiger partial charge in [0.2, 0.25) is 5.95 Å². The van der Waals surface area contributed by atoms with Gasteiger partial charge in [0.05, 0.1) is 41.1 Å². The maximum Gasteiger partial charge on any atom is 0.238 e. The predicted octanol–water partition coefficient (Wildman–Crippen LogP) is 3.49. The predicted molar refractivity (Wildman–Crippen MR) is 144 cm³/mol. The minimum absolute atomic E-state index is 0.343. The minimum Gasteiger partial charge on any atom is -0.390 e. The van der Waals surface area contributed by atoms with E-state index in [4.69, 9.17) is 24.7 Å². The van der Waals surface area contributed by atoms with E-state index in [2.05, 4.69) is 28.0 Å². The molecule has 5 heterocycles. The van der Waals surface area contributed by atoms with E-state index in [0.717, 1.165) is 85.0 Å². The molecule has 9 heteroatoms. The van der Waals surface area contributed by atoms with Gasteiger partial charge in [-0.2, -0.15) is 4.98 Å². The van der Waals surface area contributed by atoms with Crippen molar-refractivity contribution in [3.8, 4) is 5.95 Å². The van der Waals surface area contributed by atoms with Crippen molar-refractivity contribution < 1.29 is 9.84 Å². The Morgan fingerprint density at radius 2 is 1.68 bits per heavy atom. The van der Waals surface area contributed by atoms with Gasteiger partial charge in [-0.05, 0) is 76.9 Å². The van der Waals surface area contributed by atoms with Gasteiger partial charge < -0.3 is 14.7 Å². The first-order chi connectivity index (χ1) is 17.9. The van der Waals surface area contributed by atoms with Crippen molar-refractivity contribution in [2.24, 2.45) is 5.92 Å². The number of aryl methyl sites for hydroxylation is 1. The number of imidazole rings is 1. The van der Waals surface area contributed by atoms with Gasteiger partial charge in [-0.15, -0.1) is 0 Å². The number of fused-ring (bicyclic) bond motifs is 2. The third kappa shape index (κ3) is 4.79. The quantitative estimate of drug-likeness (QED) is 0.444. The third-order valence-electron chi connectivity index (χ3n) is 7.78. The summed E-state index contributed by atoms with van der Waals surface area (Å²) < 4.78 is 7.65. The van der Waals surface area contributed by atoms with Crippen LogP contribution in [0.4, 0.5) is 5.82 Å². The Bertz CT molecular complexity index is 1410. The third-order valence-corrected chi connectivity index (χ3v) is 7.78. The lowest BCUT2D eigenvalue weighted by Crippen LogP contribution is -2.41. The molecule has 9 nitrogen and oxygen atoms in total. The molecule has 2 saturated heterocycles. The molecule has 0 amide bonds. The van der Waals surface area contributed by atoms with E-state index in [1.165, 1.54) is 0 Å². The molecule has 2 fully saturated rings. The maximum atomic E-state index is 10.4. The van der Waals surface area contributed by atoms with Crippen LogP contribution in [0.25, 0.3) is 28.0 Å². The topological polar surface area (TPSA) is 92.4 Å². The zero-order valence-electron chi connectivity index (χ0n) is 21.9. The van der Waals surface area contributed by atoms with E-state index in [-0.39, 0.29) is 0 Å². The Kier molecular flexibility index (Phi) is 6.30. The lowest BCUT2D eigenvalue weighted by molar-refractivity contribution is -0.0137. The molecule has 0 spiro atoms. The Hall–Kier alpha value is -3.14. The fourth-order valence-electron chi connectivity index (χ4n) is 5.64. The Labute approximate surface area is 217 Å². The largest absolute Gasteiger partial charge is 0.390 e. The van der Waals surface area contributed by atoms with E-state index in [1.807, 2.05) is 43.5 Å². The van der Waals surface area contributed by atoms with Gasteiger partial charge in [-0.3, -0.25) is 9.47 Å². The summed E-state index contributed by atoms with van der Waals surface area (Å²) >= 11 is 0. The molecule has 2 aliphatic rings. The average molecular weight is 502 g/mol. The summed E-state index contributed by atoms with van der Waals surface area (Å²) in [5, 5.41) is 10.4. The summed E-state index contributed by atoms with van der Waals surface area (Å²) in [6.45, 7) is 11.4. The van der Waals surface area contributed by atoms with Crippen LogP contribution in [0.3, 0.4) is 0 Å². The Morgan fingerprint density at radius 1 is 0.919 bits per heavy atom. The standard InChI is InChI=1S/C28H35N7O2/c1-19-29-22-6-4-5-7-24(22)35(19)27-31-23-9-8-21(18-33-12-10-20(11-13-33)28(2,3)36)30-25(23)26(32-27)34-14-16-37-17-15-34/h4-9,20,36H,10-18H2,1-3H3. The van der Waals surface area contributed by atoms with Crippen molar-refractivity contribution in [3.05, 3.63) is 47.9 Å². The average Bonchev–Trinajstić information content (AvgIpc) is 3.24. The molecule has 37 heavy (non-hydrogen) atoms. The molecule has 0 bridgehead atoms. The molecule has 0 aliphatic carbocycles. The first kappa shape index (κ1) is 24.2. The lowest BCUT2D eigenvalue weighted by Gasteiger charge is -2.37. The number of rotatable bonds is 5. The molecule has 4 aromatic rings. The molecule has 194 valence electrons. The van der Waals surface area contributed by atoms with Crippen molar-refractivity contribution in [1.82, 2.24) is 29.4 Å². The van der Waals surface area contributed by atoms with Crippen molar-refractivity contribution in [2.75, 3.05) is 44.3 Å². The van der Waals surface area contributed by atoms with E-state index in [1.54, 1.807) is 0 Å². The van der Waals surface area contributed by atoms with Crippen molar-refractivity contribution in [1.29, 1.82) is 0 Å². The van der Waals surface area contributed by atoms with Crippen LogP contribution >= 0.6 is 0 Å². The molecule has 1 N–H and O–H groups in total. The fraction of sp³-hybridized carbons (Fsp3) is 0.500. The molecule has 0 unspecified atom stereocenters. The van der Waals surface area contributed by atoms with Crippen LogP contribution < -0.4 is 4.90 Å². The van der Waals surface area contributed by atoms with E-state index >= 15 is 0 Å². The number of benzene rings is 1. The second kappa shape index (κ2) is 9.63. The van der Waals surface area contributed by atoms with E-state index in [0.29, 0.717) is 25.1 Å². The molecular weight excluding hydrogens is 466 g/mol. The van der Waals surface area contributed by atoms with Gasteiger partial charge in [0.1, 0.15) is 11.3 Å². The number of piperidine rings is 1. The van der Waals surface area contributed by atoms with E-state index < -0.39 is 5.60 Å². The summed E-state index contributed by atoms with van der Waals surface area (Å²) in [5.41, 5.74) is 3.98. The van der Waals surface area contributed by atoms with Gasteiger partial charge in [-0.25, -0.2) is 15.0 Å². The highest BCUT2D eigenvalue weighted by molar-refractivity contribution is 5.87. The van der Waals surface area contributed by atoms with Crippen LogP contribution in [0.2, 0.25) is 0 Å². The fourth-order valence-corrected chi connectivity index (χ4v) is 5.64. The molecule has 6 rings (SSSR count). The number of hydrogen-bond donors (Lipinski definition) is 1. The maximum absolute atomic E-state index is 10.4. The number of hydrogen-bond acceptors (Lipinski definition) is 8. The van der Waals surface area contributed by atoms with E-state index in [9.17, 15) is 5.11 Å². The summed E-state index contributed by atoms with van der Waals surface area (Å²) in [6.07, 6.45) is 2.00. The number of morpholine rings is 1. The number of aromatic nitrogens is 5. The van der Waals surface area contributed by atoms with Crippen molar-refractivity contribution in [2.45, 2.75) is 45.8 Å². The van der Waals surface area contributed by atoms with Crippen LogP contribution in [-0.2, 0) is 11.3 Å². The number of nitrogens with zero attached hydrogens (tertiary/aromatic N) is 7. The van der Waals surface area contributed by atoms with Crippen LogP contribution in [0.15, 0.2) is 36.4 Å². The highest BCUT2D eigenvalue weighted by Crippen LogP contribution is 2.30. The Morgan fingerprint density at radius 3 is 2.43 bits per heavy atom. The normalized spacial score (nSPS) is 18.2. The number of ether oxygens (including phenoxy) is 1. The van der Waals surface area contributed by atoms with Gasteiger partial charge in [0.25, 0.3) is 0 Å². The van der Waals surface area contributed by atoms with Gasteiger partial charge in [-0.1, -0.05) is 12.1 Å². The highest BCUT2D eigenvalue weighted by Gasteiger charge is 2.30. The molecule has 2 aliphatic heterocycles. The van der Waals surface area contributed by atoms with Crippen molar-refractivity contribution in [3.63, 3.8) is 0 Å². The van der Waals surface area contributed by atoms with Crippen LogP contribution in [0, 0.1) is 12.8 Å². The van der Waals surface area contributed by atoms with Gasteiger partial charge in [0.15, 0.2) is 5.82 Å². The Balaban J connectivity index is 1.36. The molecule has 0 radical (unpaired) electrons. The van der Waals surface area contributed by atoms with Crippen LogP contribution in [0.5, 0.6) is 0 Å². The van der Waals surface area contributed by atoms with Gasteiger partial charge >= 0.3 is 0 Å². The SMILES string of the molecule is Cc1nc2ccccc2n1-c1nc(N2CCOCC2)c2nc(CN3CCC(C(C)(C)O)CC3)ccc2n1. The monoisotopic (exact) mass is 501 g/mol. The molecule has 3 aromatic heterocycles. The summed E-state index contributed by atoms with van der Waals surface area (Å²) in [4.78, 5) is 24.6. The number of aliphatic hydroxyl groups is 1. The molecule has 1 aromatic carbocycles. The first-order valence-electron chi connectivity index (χ1n) is 13.3. The summed E-state index contributed by atoms with van der Waals surface area (Å²) in [7, 11) is 0. The van der Waals surface area contributed by atoms with Crippen LogP contribution in [0.1, 0.15) is 38.2 Å². The second-order valence-corrected chi connectivity index (χ2v) is 10.8. The number of para-hydroxylation sites is 2. The molecule has 0 atom stereocenters. The highest BCUT2D eigenvalue weighted by atomic mass is 16.5. The zero-order chi connectivity index (χ0) is 25.6. The first-order valence-corrected chi connectivity index (χ1v) is 13.3. The minimum atomic E-state index is -0.617.